The van der Waals surface area contributed by atoms with Crippen LogP contribution in [0.1, 0.15) is 20.1 Å². The van der Waals surface area contributed by atoms with E-state index in [0.717, 1.165) is 0 Å². The van der Waals surface area contributed by atoms with E-state index in [1.54, 1.807) is 13.8 Å². The van der Waals surface area contributed by atoms with Crippen molar-refractivity contribution in [1.82, 2.24) is 9.55 Å². The molecule has 1 aromatic heterocycles. The molecule has 0 spiro atoms. The molecule has 2 heterocycles. The van der Waals surface area contributed by atoms with Crippen molar-refractivity contribution in [3.63, 3.8) is 0 Å². The van der Waals surface area contributed by atoms with Crippen LogP contribution in [0.4, 0.5) is 0 Å². The number of rotatable bonds is 8. The molecule has 0 amide bonds. The summed E-state index contributed by atoms with van der Waals surface area (Å²) in [6.45, 7) is 0.388. The van der Waals surface area contributed by atoms with E-state index in [1.807, 2.05) is 0 Å². The lowest BCUT2D eigenvalue weighted by Crippen LogP contribution is -2.40. The van der Waals surface area contributed by atoms with Crippen molar-refractivity contribution in [2.24, 2.45) is 0 Å². The molecule has 0 aromatic carbocycles. The van der Waals surface area contributed by atoms with E-state index in [2.05, 4.69) is 10.9 Å². The van der Waals surface area contributed by atoms with Crippen LogP contribution in [0.2, 0.25) is 0 Å². The molecule has 9 nitrogen and oxygen atoms in total. The first-order valence-corrected chi connectivity index (χ1v) is 11.0. The summed E-state index contributed by atoms with van der Waals surface area (Å²) >= 11 is 5.24. The highest BCUT2D eigenvalue weighted by Gasteiger charge is 2.49. The second-order valence-corrected chi connectivity index (χ2v) is 10.2. The average molecular weight is 418 g/mol. The molecule has 0 saturated carbocycles. The van der Waals surface area contributed by atoms with Crippen LogP contribution >= 0.6 is 6.49 Å². The maximum Gasteiger partial charge on any atom is 0.330 e. The Kier molecular flexibility index (Phi) is 7.54. The largest absolute Gasteiger partial charge is 0.382 e. The Morgan fingerprint density at radius 3 is 2.74 bits per heavy atom. The van der Waals surface area contributed by atoms with E-state index in [1.165, 1.54) is 23.9 Å². The van der Waals surface area contributed by atoms with Crippen LogP contribution in [0.5, 0.6) is 0 Å². The van der Waals surface area contributed by atoms with Gasteiger partial charge in [0, 0.05) is 25.0 Å². The first kappa shape index (κ1) is 22.0. The molecule has 2 N–H and O–H groups in total. The van der Waals surface area contributed by atoms with Crippen LogP contribution in [0.25, 0.3) is 0 Å². The van der Waals surface area contributed by atoms with Crippen molar-refractivity contribution in [2.45, 2.75) is 44.0 Å². The van der Waals surface area contributed by atoms with E-state index in [-0.39, 0.29) is 18.9 Å². The molecule has 1 saturated heterocycles. The molecular weight excluding hydrogens is 395 g/mol. The van der Waals surface area contributed by atoms with Crippen molar-refractivity contribution in [2.75, 3.05) is 20.3 Å². The van der Waals surface area contributed by atoms with Gasteiger partial charge in [0.2, 0.25) is 0 Å². The third kappa shape index (κ3) is 5.15. The Balaban J connectivity index is 2.44. The highest BCUT2D eigenvalue weighted by molar-refractivity contribution is 8.09. The summed E-state index contributed by atoms with van der Waals surface area (Å²) < 4.78 is 23.8. The molecule has 0 radical (unpaired) electrons. The predicted octanol–water partition coefficient (Wildman–Crippen LogP) is 0.194. The summed E-state index contributed by atoms with van der Waals surface area (Å²) in [5.41, 5.74) is -1.51. The second kappa shape index (κ2) is 9.26. The van der Waals surface area contributed by atoms with Gasteiger partial charge in [0.25, 0.3) is 5.56 Å². The van der Waals surface area contributed by atoms with Gasteiger partial charge in [0.15, 0.2) is 12.7 Å². The summed E-state index contributed by atoms with van der Waals surface area (Å²) in [5, 5.41) is 0. The fourth-order valence-electron chi connectivity index (χ4n) is 2.60. The van der Waals surface area contributed by atoms with Crippen LogP contribution in [0, 0.1) is 12.3 Å². The Bertz CT molecular complexity index is 846. The Labute approximate surface area is 161 Å². The van der Waals surface area contributed by atoms with E-state index in [0.29, 0.717) is 0 Å². The number of nitrogens with zero attached hydrogens (tertiary/aromatic N) is 1. The van der Waals surface area contributed by atoms with Gasteiger partial charge in [-0.3, -0.25) is 14.3 Å². The summed E-state index contributed by atoms with van der Waals surface area (Å²) in [4.78, 5) is 36.2. The number of nitrogens with one attached hydrogen (secondary N) is 1. The molecule has 0 aliphatic carbocycles. The highest BCUT2D eigenvalue weighted by Crippen LogP contribution is 2.51. The van der Waals surface area contributed by atoms with Crippen LogP contribution < -0.4 is 11.2 Å². The lowest BCUT2D eigenvalue weighted by atomic mass is 10.1. The number of hydrogen-bond acceptors (Lipinski definition) is 7. The fourth-order valence-corrected chi connectivity index (χ4v) is 3.75. The number of aromatic amines is 1. The molecule has 11 heteroatoms. The minimum absolute atomic E-state index is 0.0713. The van der Waals surface area contributed by atoms with Crippen LogP contribution in [-0.4, -0.2) is 58.7 Å². The molecule has 5 atom stereocenters. The third-order valence-electron chi connectivity index (χ3n) is 4.03. The Morgan fingerprint density at radius 1 is 1.48 bits per heavy atom. The lowest BCUT2D eigenvalue weighted by molar-refractivity contribution is -0.0710. The van der Waals surface area contributed by atoms with Gasteiger partial charge in [0.05, 0.1) is 6.61 Å². The number of ether oxygens (including phenoxy) is 3. The minimum Gasteiger partial charge on any atom is -0.382 e. The monoisotopic (exact) mass is 418 g/mol. The van der Waals surface area contributed by atoms with Crippen LogP contribution in [0.15, 0.2) is 21.9 Å². The van der Waals surface area contributed by atoms with E-state index >= 15 is 0 Å². The minimum atomic E-state index is -3.16. The molecule has 150 valence electrons. The molecule has 2 rings (SSSR count). The van der Waals surface area contributed by atoms with Gasteiger partial charge < -0.3 is 23.6 Å². The SMILES string of the molecule is C#CCOC1C(OP(O)(=S)C(C)C)[C@@H](COC)O[C@H]1n1ccc(=O)[nH]c1=O. The average Bonchev–Trinajstić information content (AvgIpc) is 2.90. The van der Waals surface area contributed by atoms with Crippen molar-refractivity contribution < 1.29 is 23.6 Å². The normalized spacial score (nSPS) is 27.4. The standard InChI is InChI=1S/C16H23N2O7PS/c1-5-8-23-14-13(25-26(21,27)10(2)3)11(9-22-4)24-15(14)18-7-6-12(19)17-16(18)20/h1,6-7,10-11,13-15H,8-9H2,2-4H3,(H,21,27)(H,17,19,20)/t11-,13?,14?,15-,26?/m1/s1. The van der Waals surface area contributed by atoms with Gasteiger partial charge >= 0.3 is 5.69 Å². The zero-order chi connectivity index (χ0) is 20.2. The molecule has 1 fully saturated rings. The van der Waals surface area contributed by atoms with E-state index in [4.69, 9.17) is 37.0 Å². The van der Waals surface area contributed by atoms with Gasteiger partial charge in [-0.1, -0.05) is 19.8 Å². The molecular formula is C16H23N2O7PS. The molecule has 1 aromatic rings. The molecule has 1 aliphatic rings. The lowest BCUT2D eigenvalue weighted by Gasteiger charge is -2.29. The topological polar surface area (TPSA) is 112 Å². The number of methoxy groups -OCH3 is 1. The van der Waals surface area contributed by atoms with Gasteiger partial charge in [-0.15, -0.1) is 6.42 Å². The molecule has 3 unspecified atom stereocenters. The van der Waals surface area contributed by atoms with Gasteiger partial charge in [0.1, 0.15) is 24.9 Å². The van der Waals surface area contributed by atoms with Crippen molar-refractivity contribution in [1.29, 1.82) is 0 Å². The van der Waals surface area contributed by atoms with Gasteiger partial charge in [-0.2, -0.15) is 0 Å². The summed E-state index contributed by atoms with van der Waals surface area (Å²) in [6, 6.07) is 1.19. The van der Waals surface area contributed by atoms with Crippen molar-refractivity contribution in [3.05, 3.63) is 33.1 Å². The second-order valence-electron chi connectivity index (χ2n) is 6.25. The van der Waals surface area contributed by atoms with Gasteiger partial charge in [-0.05, 0) is 11.8 Å². The number of hydrogen-bond donors (Lipinski definition) is 2. The van der Waals surface area contributed by atoms with Crippen molar-refractivity contribution >= 4 is 18.3 Å². The number of terminal acetylenes is 1. The highest BCUT2D eigenvalue weighted by atomic mass is 32.5. The van der Waals surface area contributed by atoms with Crippen LogP contribution in [-0.2, 0) is 30.5 Å². The number of aromatic nitrogens is 2. The Hall–Kier alpha value is -1.31. The zero-order valence-corrected chi connectivity index (χ0v) is 16.9. The van der Waals surface area contributed by atoms with Crippen LogP contribution in [0.3, 0.4) is 0 Å². The first-order valence-electron chi connectivity index (χ1n) is 8.23. The Morgan fingerprint density at radius 2 is 2.19 bits per heavy atom. The smallest absolute Gasteiger partial charge is 0.330 e. The first-order chi connectivity index (χ1) is 12.7. The molecule has 0 bridgehead atoms. The van der Waals surface area contributed by atoms with E-state index < -0.39 is 42.3 Å². The maximum absolute atomic E-state index is 12.2. The van der Waals surface area contributed by atoms with Crippen molar-refractivity contribution in [3.8, 4) is 12.3 Å². The maximum atomic E-state index is 12.2. The number of H-pyrrole nitrogens is 1. The third-order valence-corrected chi connectivity index (χ3v) is 7.40. The summed E-state index contributed by atoms with van der Waals surface area (Å²) in [7, 11) is 1.48. The summed E-state index contributed by atoms with van der Waals surface area (Å²) in [5.74, 6) is 2.35. The quantitative estimate of drug-likeness (QED) is 0.455. The fraction of sp³-hybridized carbons (Fsp3) is 0.625. The van der Waals surface area contributed by atoms with E-state index in [9.17, 15) is 14.5 Å². The predicted molar refractivity (Wildman–Crippen MR) is 102 cm³/mol. The van der Waals surface area contributed by atoms with Gasteiger partial charge in [-0.25, -0.2) is 4.79 Å². The molecule has 1 aliphatic heterocycles. The zero-order valence-electron chi connectivity index (χ0n) is 15.2. The molecule has 27 heavy (non-hydrogen) atoms. The summed E-state index contributed by atoms with van der Waals surface area (Å²) in [6.07, 6.45) is 3.30.